The van der Waals surface area contributed by atoms with Crippen LogP contribution in [0.1, 0.15) is 259 Å². The zero-order valence-electron chi connectivity index (χ0n) is 37.3. The second-order valence-electron chi connectivity index (χ2n) is 18.6. The van der Waals surface area contributed by atoms with Crippen LogP contribution in [0.5, 0.6) is 0 Å². The summed E-state index contributed by atoms with van der Waals surface area (Å²) in [7, 11) is 0. The number of rotatable bonds is 30. The molecule has 0 aliphatic heterocycles. The van der Waals surface area contributed by atoms with Crippen LogP contribution < -0.4 is 0 Å². The molecule has 0 atom stereocenters. The Morgan fingerprint density at radius 2 is 0.914 bits per heavy atom. The first-order chi connectivity index (χ1) is 28.5. The molecule has 4 rings (SSSR count). The number of hydrogen-bond donors (Lipinski definition) is 0. The molecule has 2 fully saturated rings. The minimum absolute atomic E-state index is 0.0895. The van der Waals surface area contributed by atoms with E-state index in [9.17, 15) is 4.79 Å². The van der Waals surface area contributed by atoms with Gasteiger partial charge in [-0.15, -0.1) is 0 Å². The summed E-state index contributed by atoms with van der Waals surface area (Å²) < 4.78 is 36.2. The van der Waals surface area contributed by atoms with E-state index >= 15 is 8.78 Å². The molecule has 2 nitrogen and oxygen atoms in total. The van der Waals surface area contributed by atoms with Crippen molar-refractivity contribution in [2.75, 3.05) is 0 Å². The number of carbonyl (C=O) groups is 1. The van der Waals surface area contributed by atoms with Gasteiger partial charge < -0.3 is 4.74 Å². The Bertz CT molecular complexity index is 1400. The predicted octanol–water partition coefficient (Wildman–Crippen LogP) is 17.9. The lowest BCUT2D eigenvalue weighted by Crippen LogP contribution is -2.24. The standard InChI is InChI=1S/C54H84F2O2/c1-3-5-7-9-11-13-15-16-17-19-21-23-25-27-45-30-40-51(41-31-45)58-54(57)50-39-37-48(53(56)43-50)35-34-47-36-38-49(42-52(47)55)46-32-28-44(29-33-46)26-24-22-20-18-14-12-10-8-6-4-2/h34-39,42-46,51H,3-33,40-41H2,1-2H3/b35-34+. The van der Waals surface area contributed by atoms with Crippen molar-refractivity contribution in [3.8, 4) is 0 Å². The number of hydrogen-bond acceptors (Lipinski definition) is 2. The van der Waals surface area contributed by atoms with E-state index in [4.69, 9.17) is 4.74 Å². The van der Waals surface area contributed by atoms with Gasteiger partial charge in [0.15, 0.2) is 0 Å². The molecule has 58 heavy (non-hydrogen) atoms. The molecule has 0 unspecified atom stereocenters. The van der Waals surface area contributed by atoms with E-state index in [0.29, 0.717) is 17.0 Å². The van der Waals surface area contributed by atoms with Crippen LogP contribution in [-0.4, -0.2) is 12.1 Å². The Hall–Kier alpha value is -2.49. The molecule has 2 aliphatic carbocycles. The molecular weight excluding hydrogens is 719 g/mol. The van der Waals surface area contributed by atoms with Crippen LogP contribution in [0.25, 0.3) is 12.2 Å². The average molecular weight is 803 g/mol. The van der Waals surface area contributed by atoms with E-state index in [1.807, 2.05) is 6.07 Å². The fraction of sp³-hybridized carbons (Fsp3) is 0.722. The maximum atomic E-state index is 15.2. The zero-order chi connectivity index (χ0) is 41.0. The van der Waals surface area contributed by atoms with Crippen molar-refractivity contribution in [3.05, 3.63) is 70.3 Å². The van der Waals surface area contributed by atoms with E-state index in [-0.39, 0.29) is 17.5 Å². The first-order valence-corrected chi connectivity index (χ1v) is 24.9. The van der Waals surface area contributed by atoms with E-state index in [0.717, 1.165) is 55.9 Å². The lowest BCUT2D eigenvalue weighted by atomic mass is 9.77. The fourth-order valence-electron chi connectivity index (χ4n) is 9.81. The van der Waals surface area contributed by atoms with Crippen LogP contribution in [0.15, 0.2) is 36.4 Å². The van der Waals surface area contributed by atoms with Crippen molar-refractivity contribution in [2.45, 2.75) is 238 Å². The normalized spacial score (nSPS) is 19.9. The molecule has 2 aromatic carbocycles. The molecule has 0 N–H and O–H groups in total. The molecule has 2 saturated carbocycles. The first kappa shape index (κ1) is 48.2. The third-order valence-corrected chi connectivity index (χ3v) is 13.8. The Kier molecular flexibility index (Phi) is 24.7. The first-order valence-electron chi connectivity index (χ1n) is 24.9. The van der Waals surface area contributed by atoms with Crippen LogP contribution in [0.4, 0.5) is 8.78 Å². The van der Waals surface area contributed by atoms with Gasteiger partial charge in [0.05, 0.1) is 5.56 Å². The number of unbranched alkanes of at least 4 members (excludes halogenated alkanes) is 21. The molecule has 0 amide bonds. The summed E-state index contributed by atoms with van der Waals surface area (Å²) in [5.41, 5.74) is 2.10. The van der Waals surface area contributed by atoms with E-state index in [2.05, 4.69) is 19.9 Å². The van der Waals surface area contributed by atoms with Gasteiger partial charge in [-0.2, -0.15) is 0 Å². The van der Waals surface area contributed by atoms with Crippen LogP contribution in [0, 0.1) is 23.5 Å². The van der Waals surface area contributed by atoms with Gasteiger partial charge in [0.2, 0.25) is 0 Å². The van der Waals surface area contributed by atoms with Gasteiger partial charge in [0.25, 0.3) is 0 Å². The molecule has 0 aromatic heterocycles. The topological polar surface area (TPSA) is 26.3 Å². The molecule has 0 bridgehead atoms. The van der Waals surface area contributed by atoms with Crippen LogP contribution in [0.3, 0.4) is 0 Å². The molecule has 4 heteroatoms. The van der Waals surface area contributed by atoms with Crippen LogP contribution in [0.2, 0.25) is 0 Å². The monoisotopic (exact) mass is 803 g/mol. The fourth-order valence-corrected chi connectivity index (χ4v) is 9.81. The van der Waals surface area contributed by atoms with Gasteiger partial charge in [-0.25, -0.2) is 13.6 Å². The van der Waals surface area contributed by atoms with Crippen molar-refractivity contribution < 1.29 is 18.3 Å². The Morgan fingerprint density at radius 1 is 0.517 bits per heavy atom. The second kappa shape index (κ2) is 29.7. The Balaban J connectivity index is 1.06. The molecule has 0 heterocycles. The highest BCUT2D eigenvalue weighted by Crippen LogP contribution is 2.38. The zero-order valence-corrected chi connectivity index (χ0v) is 37.3. The summed E-state index contributed by atoms with van der Waals surface area (Å²) in [5.74, 6) is 0.758. The Labute approximate surface area is 355 Å². The number of halogens is 2. The van der Waals surface area contributed by atoms with Crippen molar-refractivity contribution >= 4 is 18.1 Å². The largest absolute Gasteiger partial charge is 0.459 e. The number of esters is 1. The molecule has 0 radical (unpaired) electrons. The van der Waals surface area contributed by atoms with E-state index in [1.54, 1.807) is 30.4 Å². The molecule has 0 spiro atoms. The molecule has 326 valence electrons. The highest BCUT2D eigenvalue weighted by molar-refractivity contribution is 5.90. The molecule has 2 aliphatic rings. The maximum Gasteiger partial charge on any atom is 0.338 e. The van der Waals surface area contributed by atoms with E-state index < -0.39 is 11.8 Å². The number of ether oxygens (including phenoxy) is 1. The van der Waals surface area contributed by atoms with Crippen LogP contribution in [-0.2, 0) is 4.74 Å². The van der Waals surface area contributed by atoms with Crippen LogP contribution >= 0.6 is 0 Å². The van der Waals surface area contributed by atoms with Crippen molar-refractivity contribution in [2.24, 2.45) is 11.8 Å². The van der Waals surface area contributed by atoms with Gasteiger partial charge in [-0.05, 0) is 92.9 Å². The van der Waals surface area contributed by atoms with Crippen molar-refractivity contribution in [3.63, 3.8) is 0 Å². The lowest BCUT2D eigenvalue weighted by molar-refractivity contribution is 0.0160. The predicted molar refractivity (Wildman–Crippen MR) is 244 cm³/mol. The summed E-state index contributed by atoms with van der Waals surface area (Å²) in [4.78, 5) is 12.9. The smallest absolute Gasteiger partial charge is 0.338 e. The second-order valence-corrected chi connectivity index (χ2v) is 18.6. The summed E-state index contributed by atoms with van der Waals surface area (Å²) in [6.45, 7) is 4.56. The van der Waals surface area contributed by atoms with Crippen molar-refractivity contribution in [1.29, 1.82) is 0 Å². The van der Waals surface area contributed by atoms with Gasteiger partial charge in [-0.1, -0.05) is 205 Å². The molecule has 0 saturated heterocycles. The van der Waals surface area contributed by atoms with Gasteiger partial charge >= 0.3 is 5.97 Å². The maximum absolute atomic E-state index is 15.2. The number of carbonyl (C=O) groups excluding carboxylic acids is 1. The average Bonchev–Trinajstić information content (AvgIpc) is 3.24. The highest BCUT2D eigenvalue weighted by Gasteiger charge is 2.25. The SMILES string of the molecule is CCCCCCCCCCCCCCCC1CCC(OC(=O)c2ccc(/C=C/c3ccc(C4CCC(CCCCCCCCCCCC)CC4)cc3F)c(F)c2)CC1. The summed E-state index contributed by atoms with van der Waals surface area (Å²) in [5, 5.41) is 0. The third kappa shape index (κ3) is 19.3. The van der Waals surface area contributed by atoms with E-state index in [1.165, 1.54) is 179 Å². The summed E-state index contributed by atoms with van der Waals surface area (Å²) >= 11 is 0. The lowest BCUT2D eigenvalue weighted by Gasteiger charge is -2.29. The van der Waals surface area contributed by atoms with Gasteiger partial charge in [-0.3, -0.25) is 0 Å². The quantitative estimate of drug-likeness (QED) is 0.0447. The minimum atomic E-state index is -0.501. The van der Waals surface area contributed by atoms with Crippen molar-refractivity contribution in [1.82, 2.24) is 0 Å². The Morgan fingerprint density at radius 3 is 1.34 bits per heavy atom. The highest BCUT2D eigenvalue weighted by atomic mass is 19.1. The number of benzene rings is 2. The molecular formula is C54H84F2O2. The molecule has 2 aromatic rings. The minimum Gasteiger partial charge on any atom is -0.459 e. The summed E-state index contributed by atoms with van der Waals surface area (Å²) in [6, 6.07) is 10.0. The third-order valence-electron chi connectivity index (χ3n) is 13.8. The van der Waals surface area contributed by atoms with Gasteiger partial charge in [0, 0.05) is 11.1 Å². The van der Waals surface area contributed by atoms with Gasteiger partial charge in [0.1, 0.15) is 17.7 Å². The summed E-state index contributed by atoms with van der Waals surface area (Å²) in [6.07, 6.45) is 46.4.